The Bertz CT molecular complexity index is 799. The van der Waals surface area contributed by atoms with Gasteiger partial charge in [0.2, 0.25) is 24.1 Å². The van der Waals surface area contributed by atoms with E-state index in [1.165, 1.54) is 0 Å². The molecule has 162 valence electrons. The van der Waals surface area contributed by atoms with Crippen molar-refractivity contribution >= 4 is 0 Å². The molecule has 0 radical (unpaired) electrons. The summed E-state index contributed by atoms with van der Waals surface area (Å²) in [7, 11) is 6.33. The number of ether oxygens (including phenoxy) is 8. The monoisotopic (exact) mass is 418 g/mol. The molecular weight excluding hydrogens is 392 g/mol. The summed E-state index contributed by atoms with van der Waals surface area (Å²) < 4.78 is 45.7. The quantitative estimate of drug-likeness (QED) is 0.648. The average Bonchev–Trinajstić information content (AvgIpc) is 3.36. The van der Waals surface area contributed by atoms with Gasteiger partial charge in [-0.2, -0.15) is 0 Å². The maximum atomic E-state index is 6.13. The molecule has 0 aromatic heterocycles. The van der Waals surface area contributed by atoms with Crippen LogP contribution in [0.25, 0.3) is 0 Å². The first kappa shape index (κ1) is 20.4. The minimum atomic E-state index is -0.475. The van der Waals surface area contributed by atoms with Crippen LogP contribution in [0.5, 0.6) is 34.5 Å². The second-order valence-corrected chi connectivity index (χ2v) is 6.95. The number of rotatable bonds is 8. The van der Waals surface area contributed by atoms with E-state index in [0.29, 0.717) is 47.7 Å². The molecule has 8 nitrogen and oxygen atoms in total. The lowest BCUT2D eigenvalue weighted by atomic mass is 9.98. The highest BCUT2D eigenvalue weighted by Gasteiger charge is 2.50. The van der Waals surface area contributed by atoms with Crippen molar-refractivity contribution in [3.63, 3.8) is 0 Å². The van der Waals surface area contributed by atoms with Crippen molar-refractivity contribution in [3.8, 4) is 34.5 Å². The van der Waals surface area contributed by atoms with Crippen molar-refractivity contribution in [1.29, 1.82) is 0 Å². The molecule has 4 rings (SSSR count). The molecule has 0 amide bonds. The third-order valence-electron chi connectivity index (χ3n) is 5.37. The van der Waals surface area contributed by atoms with Crippen LogP contribution in [0.1, 0.15) is 0 Å². The van der Waals surface area contributed by atoms with E-state index >= 15 is 0 Å². The minimum absolute atomic E-state index is 0.0162. The molecule has 8 heteroatoms. The maximum absolute atomic E-state index is 6.13. The van der Waals surface area contributed by atoms with Gasteiger partial charge in [0.25, 0.3) is 0 Å². The molecule has 0 N–H and O–H groups in total. The number of benzene rings is 2. The number of fused-ring (bicyclic) bond motifs is 1. The Labute approximate surface area is 175 Å². The number of hydrogen-bond donors (Lipinski definition) is 0. The molecule has 2 fully saturated rings. The first-order valence-electron chi connectivity index (χ1n) is 9.68. The number of methoxy groups -OCH3 is 4. The Hall–Kier alpha value is -2.84. The Morgan fingerprint density at radius 1 is 0.600 bits per heavy atom. The van der Waals surface area contributed by atoms with Crippen molar-refractivity contribution in [2.75, 3.05) is 41.7 Å². The van der Waals surface area contributed by atoms with E-state index in [-0.39, 0.29) is 11.8 Å². The fourth-order valence-electron chi connectivity index (χ4n) is 3.86. The van der Waals surface area contributed by atoms with Gasteiger partial charge in [0.15, 0.2) is 23.0 Å². The summed E-state index contributed by atoms with van der Waals surface area (Å²) in [5.41, 5.74) is 0. The van der Waals surface area contributed by atoms with Crippen LogP contribution in [0.3, 0.4) is 0 Å². The van der Waals surface area contributed by atoms with Gasteiger partial charge in [-0.05, 0) is 24.3 Å². The first-order valence-corrected chi connectivity index (χ1v) is 9.68. The van der Waals surface area contributed by atoms with E-state index in [2.05, 4.69) is 0 Å². The van der Waals surface area contributed by atoms with Gasteiger partial charge in [0, 0.05) is 0 Å². The van der Waals surface area contributed by atoms with E-state index in [1.807, 2.05) is 36.4 Å². The molecule has 2 saturated heterocycles. The Morgan fingerprint density at radius 2 is 1.00 bits per heavy atom. The van der Waals surface area contributed by atoms with Crippen LogP contribution in [0, 0.1) is 11.8 Å². The summed E-state index contributed by atoms with van der Waals surface area (Å²) in [5.74, 6) is 3.39. The van der Waals surface area contributed by atoms with Gasteiger partial charge in [0.05, 0.1) is 53.5 Å². The van der Waals surface area contributed by atoms with E-state index in [9.17, 15) is 0 Å². The molecule has 2 heterocycles. The molecule has 2 aromatic rings. The van der Waals surface area contributed by atoms with Gasteiger partial charge in [-0.25, -0.2) is 0 Å². The number of hydrogen-bond acceptors (Lipinski definition) is 8. The second-order valence-electron chi connectivity index (χ2n) is 6.95. The average molecular weight is 418 g/mol. The lowest BCUT2D eigenvalue weighted by Crippen LogP contribution is -2.28. The predicted molar refractivity (Wildman–Crippen MR) is 107 cm³/mol. The molecule has 2 aliphatic rings. The normalized spacial score (nSPS) is 24.8. The van der Waals surface area contributed by atoms with E-state index in [0.717, 1.165) is 0 Å². The summed E-state index contributed by atoms with van der Waals surface area (Å²) in [4.78, 5) is 0. The zero-order valence-corrected chi connectivity index (χ0v) is 17.5. The lowest BCUT2D eigenvalue weighted by molar-refractivity contribution is -0.106. The molecule has 0 aliphatic carbocycles. The van der Waals surface area contributed by atoms with Crippen molar-refractivity contribution in [1.82, 2.24) is 0 Å². The van der Waals surface area contributed by atoms with Crippen LogP contribution < -0.4 is 28.4 Å². The van der Waals surface area contributed by atoms with E-state index in [4.69, 9.17) is 37.9 Å². The van der Waals surface area contributed by atoms with Gasteiger partial charge >= 0.3 is 0 Å². The molecule has 2 aromatic carbocycles. The van der Waals surface area contributed by atoms with Gasteiger partial charge in [-0.1, -0.05) is 12.1 Å². The Morgan fingerprint density at radius 3 is 1.37 bits per heavy atom. The summed E-state index contributed by atoms with van der Waals surface area (Å²) in [6.45, 7) is 0.914. The topological polar surface area (TPSA) is 73.8 Å². The van der Waals surface area contributed by atoms with Gasteiger partial charge in [-0.3, -0.25) is 0 Å². The third kappa shape index (κ3) is 3.68. The second kappa shape index (κ2) is 8.89. The highest BCUT2D eigenvalue weighted by molar-refractivity contribution is 5.52. The van der Waals surface area contributed by atoms with Crippen molar-refractivity contribution in [2.24, 2.45) is 11.8 Å². The van der Waals surface area contributed by atoms with Gasteiger partial charge in [-0.15, -0.1) is 0 Å². The molecular formula is C22H26O8. The summed E-state index contributed by atoms with van der Waals surface area (Å²) in [5, 5.41) is 0. The molecule has 0 spiro atoms. The van der Waals surface area contributed by atoms with Crippen LogP contribution >= 0.6 is 0 Å². The van der Waals surface area contributed by atoms with Gasteiger partial charge < -0.3 is 37.9 Å². The van der Waals surface area contributed by atoms with Crippen molar-refractivity contribution in [2.45, 2.75) is 12.6 Å². The Kier molecular flexibility index (Phi) is 6.06. The van der Waals surface area contributed by atoms with Crippen LogP contribution in [0.4, 0.5) is 0 Å². The zero-order chi connectivity index (χ0) is 21.1. The van der Waals surface area contributed by atoms with E-state index < -0.39 is 12.6 Å². The predicted octanol–water partition coefficient (Wildman–Crippen LogP) is 3.12. The summed E-state index contributed by atoms with van der Waals surface area (Å²) >= 11 is 0. The fraction of sp³-hybridized carbons (Fsp3) is 0.455. The van der Waals surface area contributed by atoms with Crippen molar-refractivity contribution in [3.05, 3.63) is 36.4 Å². The SMILES string of the molecule is COc1cccc(O[C@H]2OCC3C2CO[C@@H]3Oc2cccc(OC)c2OC)c1OC. The molecule has 0 bridgehead atoms. The van der Waals surface area contributed by atoms with Crippen LogP contribution in [-0.4, -0.2) is 54.2 Å². The maximum Gasteiger partial charge on any atom is 0.205 e. The third-order valence-corrected chi connectivity index (χ3v) is 5.37. The van der Waals surface area contributed by atoms with Gasteiger partial charge in [0.1, 0.15) is 0 Å². The molecule has 2 aliphatic heterocycles. The van der Waals surface area contributed by atoms with Crippen LogP contribution in [0.15, 0.2) is 36.4 Å². The molecule has 4 atom stereocenters. The minimum Gasteiger partial charge on any atom is -0.493 e. The standard InChI is InChI=1S/C22H26O8/c1-23-15-7-5-9-17(19(15)25-3)29-21-13-11-28-22(14(13)12-27-21)30-18-10-6-8-16(24-2)20(18)26-4/h5-10,13-14,21-22H,11-12H2,1-4H3/t13?,14?,21-,22-/m1/s1. The Balaban J connectivity index is 1.47. The lowest BCUT2D eigenvalue weighted by Gasteiger charge is -2.20. The van der Waals surface area contributed by atoms with Crippen molar-refractivity contribution < 1.29 is 37.9 Å². The molecule has 30 heavy (non-hydrogen) atoms. The van der Waals surface area contributed by atoms with Crippen LogP contribution in [0.2, 0.25) is 0 Å². The highest BCUT2D eigenvalue weighted by atomic mass is 16.7. The van der Waals surface area contributed by atoms with E-state index in [1.54, 1.807) is 28.4 Å². The first-order chi connectivity index (χ1) is 14.7. The zero-order valence-electron chi connectivity index (χ0n) is 17.5. The van der Waals surface area contributed by atoms with Crippen LogP contribution in [-0.2, 0) is 9.47 Å². The fourth-order valence-corrected chi connectivity index (χ4v) is 3.86. The number of para-hydroxylation sites is 2. The largest absolute Gasteiger partial charge is 0.493 e. The molecule has 2 unspecified atom stereocenters. The summed E-state index contributed by atoms with van der Waals surface area (Å²) in [6.07, 6.45) is -0.950. The highest BCUT2D eigenvalue weighted by Crippen LogP contribution is 2.44. The summed E-state index contributed by atoms with van der Waals surface area (Å²) in [6, 6.07) is 11.0. The smallest absolute Gasteiger partial charge is 0.205 e. The molecule has 0 saturated carbocycles.